The SMILES string of the molecule is COc1cc(/C=C\c2[nH]c(=O)[nH]c(=O)c2[N+](=O)[O-])ccc1OCc1ccccc1Cl. The first-order valence-electron chi connectivity index (χ1n) is 8.62. The number of benzene rings is 2. The third-order valence-corrected chi connectivity index (χ3v) is 4.47. The van der Waals surface area contributed by atoms with E-state index in [1.54, 1.807) is 24.3 Å². The molecule has 154 valence electrons. The molecule has 3 rings (SSSR count). The number of nitrogens with zero attached hydrogens (tertiary/aromatic N) is 1. The van der Waals surface area contributed by atoms with Gasteiger partial charge in [0.05, 0.1) is 12.0 Å². The highest BCUT2D eigenvalue weighted by Crippen LogP contribution is 2.30. The van der Waals surface area contributed by atoms with Crippen molar-refractivity contribution in [2.45, 2.75) is 6.61 Å². The van der Waals surface area contributed by atoms with Crippen LogP contribution < -0.4 is 20.7 Å². The van der Waals surface area contributed by atoms with E-state index in [9.17, 15) is 19.7 Å². The number of aromatic amines is 2. The van der Waals surface area contributed by atoms with E-state index in [0.29, 0.717) is 22.1 Å². The lowest BCUT2D eigenvalue weighted by atomic mass is 10.1. The number of H-pyrrole nitrogens is 2. The minimum Gasteiger partial charge on any atom is -0.493 e. The molecule has 0 aliphatic heterocycles. The summed E-state index contributed by atoms with van der Waals surface area (Å²) in [6.07, 6.45) is 2.77. The van der Waals surface area contributed by atoms with E-state index in [4.69, 9.17) is 21.1 Å². The summed E-state index contributed by atoms with van der Waals surface area (Å²) in [5, 5.41) is 11.7. The number of rotatable bonds is 7. The fourth-order valence-corrected chi connectivity index (χ4v) is 2.85. The van der Waals surface area contributed by atoms with Crippen LogP contribution in [0.5, 0.6) is 11.5 Å². The molecular formula is C20H16ClN3O6. The number of nitro groups is 1. The van der Waals surface area contributed by atoms with Gasteiger partial charge in [0.2, 0.25) is 0 Å². The Morgan fingerprint density at radius 2 is 1.87 bits per heavy atom. The summed E-state index contributed by atoms with van der Waals surface area (Å²) in [5.74, 6) is 0.906. The maximum atomic E-state index is 11.7. The van der Waals surface area contributed by atoms with Crippen molar-refractivity contribution in [3.05, 3.63) is 95.3 Å². The molecule has 0 bridgehead atoms. The Labute approximate surface area is 174 Å². The molecule has 0 aliphatic carbocycles. The second kappa shape index (κ2) is 9.10. The smallest absolute Gasteiger partial charge is 0.357 e. The van der Waals surface area contributed by atoms with Gasteiger partial charge in [0.25, 0.3) is 0 Å². The van der Waals surface area contributed by atoms with Crippen LogP contribution in [0.4, 0.5) is 5.69 Å². The number of hydrogen-bond donors (Lipinski definition) is 2. The maximum Gasteiger partial charge on any atom is 0.357 e. The standard InChI is InChI=1S/C20H16ClN3O6/c1-29-17-10-12(6-8-15-18(24(27)28)19(25)23-20(26)22-15)7-9-16(17)30-11-13-4-2-3-5-14(13)21/h2-10H,11H2,1H3,(H2,22,23,25,26)/b8-6-. The molecule has 0 unspecified atom stereocenters. The largest absolute Gasteiger partial charge is 0.493 e. The molecule has 0 radical (unpaired) electrons. The molecule has 2 aromatic carbocycles. The zero-order chi connectivity index (χ0) is 21.7. The molecule has 1 heterocycles. The van der Waals surface area contributed by atoms with Crippen LogP contribution in [0.15, 0.2) is 52.1 Å². The van der Waals surface area contributed by atoms with Gasteiger partial charge in [0.15, 0.2) is 11.5 Å². The van der Waals surface area contributed by atoms with Crippen LogP contribution in [0.1, 0.15) is 16.8 Å². The van der Waals surface area contributed by atoms with Crippen molar-refractivity contribution in [1.82, 2.24) is 9.97 Å². The molecule has 0 atom stereocenters. The third-order valence-electron chi connectivity index (χ3n) is 4.10. The Hall–Kier alpha value is -3.85. The first-order valence-corrected chi connectivity index (χ1v) is 9.00. The fourth-order valence-electron chi connectivity index (χ4n) is 2.66. The number of aromatic nitrogens is 2. The molecule has 2 N–H and O–H groups in total. The molecule has 0 fully saturated rings. The van der Waals surface area contributed by atoms with Gasteiger partial charge in [-0.15, -0.1) is 0 Å². The average Bonchev–Trinajstić information content (AvgIpc) is 2.71. The summed E-state index contributed by atoms with van der Waals surface area (Å²) in [7, 11) is 1.48. The first kappa shape index (κ1) is 20.9. The second-order valence-corrected chi connectivity index (χ2v) is 6.46. The topological polar surface area (TPSA) is 127 Å². The van der Waals surface area contributed by atoms with Crippen LogP contribution in [0.25, 0.3) is 12.2 Å². The molecule has 30 heavy (non-hydrogen) atoms. The van der Waals surface area contributed by atoms with E-state index < -0.39 is 21.9 Å². The van der Waals surface area contributed by atoms with Gasteiger partial charge in [-0.1, -0.05) is 41.9 Å². The number of methoxy groups -OCH3 is 1. The molecule has 10 heteroatoms. The predicted octanol–water partition coefficient (Wildman–Crippen LogP) is 3.38. The molecule has 0 amide bonds. The van der Waals surface area contributed by atoms with E-state index in [1.165, 1.54) is 19.3 Å². The summed E-state index contributed by atoms with van der Waals surface area (Å²) in [6.45, 7) is 0.242. The van der Waals surface area contributed by atoms with Crippen molar-refractivity contribution in [2.24, 2.45) is 0 Å². The average molecular weight is 430 g/mol. The zero-order valence-electron chi connectivity index (χ0n) is 15.7. The van der Waals surface area contributed by atoms with Gasteiger partial charge in [-0.05, 0) is 29.8 Å². The van der Waals surface area contributed by atoms with Crippen LogP contribution in [0, 0.1) is 10.1 Å². The van der Waals surface area contributed by atoms with E-state index in [2.05, 4.69) is 4.98 Å². The quantitative estimate of drug-likeness (QED) is 0.437. The molecule has 0 aliphatic rings. The number of ether oxygens (including phenoxy) is 2. The first-order chi connectivity index (χ1) is 14.4. The Bertz CT molecular complexity index is 1230. The van der Waals surface area contributed by atoms with Crippen molar-refractivity contribution in [3.8, 4) is 11.5 Å². The van der Waals surface area contributed by atoms with Crippen LogP contribution in [0.2, 0.25) is 5.02 Å². The van der Waals surface area contributed by atoms with Gasteiger partial charge in [-0.25, -0.2) is 4.79 Å². The van der Waals surface area contributed by atoms with Crippen molar-refractivity contribution in [2.75, 3.05) is 7.11 Å². The predicted molar refractivity (Wildman–Crippen MR) is 112 cm³/mol. The molecule has 3 aromatic rings. The highest BCUT2D eigenvalue weighted by atomic mass is 35.5. The lowest BCUT2D eigenvalue weighted by Crippen LogP contribution is -2.25. The zero-order valence-corrected chi connectivity index (χ0v) is 16.4. The summed E-state index contributed by atoms with van der Waals surface area (Å²) in [5.41, 5.74) is -1.47. The molecule has 9 nitrogen and oxygen atoms in total. The summed E-state index contributed by atoms with van der Waals surface area (Å²) >= 11 is 6.13. The number of nitrogens with one attached hydrogen (secondary N) is 2. The normalized spacial score (nSPS) is 10.9. The second-order valence-electron chi connectivity index (χ2n) is 6.05. The van der Waals surface area contributed by atoms with Crippen LogP contribution in [-0.2, 0) is 6.61 Å². The molecule has 1 aromatic heterocycles. The monoisotopic (exact) mass is 429 g/mol. The molecule has 0 spiro atoms. The van der Waals surface area contributed by atoms with Gasteiger partial charge in [-0.3, -0.25) is 19.9 Å². The minimum atomic E-state index is -1.08. The fraction of sp³-hybridized carbons (Fsp3) is 0.100. The summed E-state index contributed by atoms with van der Waals surface area (Å²) in [4.78, 5) is 37.4. The summed E-state index contributed by atoms with van der Waals surface area (Å²) < 4.78 is 11.1. The number of hydrogen-bond acceptors (Lipinski definition) is 6. The van der Waals surface area contributed by atoms with Crippen molar-refractivity contribution in [3.63, 3.8) is 0 Å². The third kappa shape index (κ3) is 4.76. The van der Waals surface area contributed by atoms with E-state index in [1.807, 2.05) is 23.2 Å². The highest BCUT2D eigenvalue weighted by molar-refractivity contribution is 6.31. The maximum absolute atomic E-state index is 11.7. The van der Waals surface area contributed by atoms with Crippen molar-refractivity contribution >= 4 is 29.4 Å². The highest BCUT2D eigenvalue weighted by Gasteiger charge is 2.18. The van der Waals surface area contributed by atoms with Gasteiger partial charge in [0.1, 0.15) is 12.3 Å². The van der Waals surface area contributed by atoms with Gasteiger partial charge in [-0.2, -0.15) is 0 Å². The van der Waals surface area contributed by atoms with Crippen molar-refractivity contribution in [1.29, 1.82) is 0 Å². The van der Waals surface area contributed by atoms with E-state index >= 15 is 0 Å². The Balaban J connectivity index is 1.85. The van der Waals surface area contributed by atoms with E-state index in [0.717, 1.165) is 5.56 Å². The summed E-state index contributed by atoms with van der Waals surface area (Å²) in [6, 6.07) is 12.3. The lowest BCUT2D eigenvalue weighted by molar-refractivity contribution is -0.386. The Morgan fingerprint density at radius 3 is 2.57 bits per heavy atom. The number of halogens is 1. The molecule has 0 saturated carbocycles. The van der Waals surface area contributed by atoms with Crippen molar-refractivity contribution < 1.29 is 14.4 Å². The van der Waals surface area contributed by atoms with Crippen LogP contribution in [-0.4, -0.2) is 22.0 Å². The van der Waals surface area contributed by atoms with Gasteiger partial charge in [0, 0.05) is 10.6 Å². The van der Waals surface area contributed by atoms with Gasteiger partial charge < -0.3 is 14.5 Å². The van der Waals surface area contributed by atoms with Crippen LogP contribution in [0.3, 0.4) is 0 Å². The Morgan fingerprint density at radius 1 is 1.10 bits per heavy atom. The Kier molecular flexibility index (Phi) is 6.33. The van der Waals surface area contributed by atoms with Crippen LogP contribution >= 0.6 is 11.6 Å². The lowest BCUT2D eigenvalue weighted by Gasteiger charge is -2.12. The van der Waals surface area contributed by atoms with E-state index in [-0.39, 0.29) is 12.3 Å². The molecule has 0 saturated heterocycles. The minimum absolute atomic E-state index is 0.216. The van der Waals surface area contributed by atoms with Gasteiger partial charge >= 0.3 is 16.9 Å². The molecular weight excluding hydrogens is 414 g/mol.